The molecule has 5 heteroatoms. The number of rotatable bonds is 3. The molecule has 1 saturated heterocycles. The van der Waals surface area contributed by atoms with Crippen molar-refractivity contribution in [1.29, 1.82) is 0 Å². The molecule has 0 aliphatic carbocycles. The number of para-hydroxylation sites is 1. The lowest BCUT2D eigenvalue weighted by Crippen LogP contribution is -2.30. The number of aliphatic hydroxyl groups excluding tert-OH is 1. The molecule has 138 valence electrons. The molecule has 2 aromatic heterocycles. The fraction of sp³-hybridized carbons (Fsp3) is 0.318. The molecule has 3 heterocycles. The van der Waals surface area contributed by atoms with E-state index in [0.29, 0.717) is 18.7 Å². The highest BCUT2D eigenvalue weighted by Crippen LogP contribution is 2.26. The minimum atomic E-state index is -0.528. The smallest absolute Gasteiger partial charge is 0.255 e. The van der Waals surface area contributed by atoms with Crippen LogP contribution in [0.25, 0.3) is 10.9 Å². The molecule has 0 bridgehead atoms. The van der Waals surface area contributed by atoms with Crippen molar-refractivity contribution in [3.63, 3.8) is 0 Å². The van der Waals surface area contributed by atoms with Crippen LogP contribution in [0.15, 0.2) is 48.7 Å². The molecule has 1 aliphatic rings. The summed E-state index contributed by atoms with van der Waals surface area (Å²) in [6.45, 7) is 4.67. The SMILES string of the molecule is Cc1ccc(C(=O)N2C[C@@H](Cc3ccnc4ccccc34)[C@H](O)C2)c(C)n1. The molecule has 0 spiro atoms. The Bertz CT molecular complexity index is 997. The number of carbonyl (C=O) groups excluding carboxylic acids is 1. The molecule has 1 fully saturated rings. The van der Waals surface area contributed by atoms with Crippen LogP contribution in [-0.2, 0) is 6.42 Å². The second kappa shape index (κ2) is 7.08. The number of amides is 1. The Kier molecular flexibility index (Phi) is 4.62. The van der Waals surface area contributed by atoms with E-state index < -0.39 is 6.10 Å². The number of hydrogen-bond donors (Lipinski definition) is 1. The highest BCUT2D eigenvalue weighted by atomic mass is 16.3. The van der Waals surface area contributed by atoms with E-state index in [4.69, 9.17) is 0 Å². The number of pyridine rings is 2. The Morgan fingerprint density at radius 2 is 1.96 bits per heavy atom. The first kappa shape index (κ1) is 17.6. The number of aryl methyl sites for hydroxylation is 2. The summed E-state index contributed by atoms with van der Waals surface area (Å²) in [7, 11) is 0. The Labute approximate surface area is 158 Å². The number of likely N-dealkylation sites (tertiary alicyclic amines) is 1. The van der Waals surface area contributed by atoms with Gasteiger partial charge >= 0.3 is 0 Å². The van der Waals surface area contributed by atoms with Gasteiger partial charge in [0.15, 0.2) is 0 Å². The number of hydrogen-bond acceptors (Lipinski definition) is 4. The summed E-state index contributed by atoms with van der Waals surface area (Å²) < 4.78 is 0. The first-order valence-corrected chi connectivity index (χ1v) is 9.27. The average molecular weight is 361 g/mol. The van der Waals surface area contributed by atoms with Crippen molar-refractivity contribution in [2.24, 2.45) is 5.92 Å². The van der Waals surface area contributed by atoms with Gasteiger partial charge in [0.2, 0.25) is 0 Å². The highest BCUT2D eigenvalue weighted by Gasteiger charge is 2.35. The Hall–Kier alpha value is -2.79. The fourth-order valence-electron chi connectivity index (χ4n) is 3.92. The summed E-state index contributed by atoms with van der Waals surface area (Å²) in [6, 6.07) is 13.7. The minimum Gasteiger partial charge on any atom is -0.391 e. The Balaban J connectivity index is 1.54. The molecule has 1 aromatic carbocycles. The molecule has 1 aliphatic heterocycles. The molecule has 2 atom stereocenters. The third kappa shape index (κ3) is 3.43. The van der Waals surface area contributed by atoms with Gasteiger partial charge in [-0.25, -0.2) is 0 Å². The van der Waals surface area contributed by atoms with Gasteiger partial charge in [-0.15, -0.1) is 0 Å². The van der Waals surface area contributed by atoms with Crippen molar-refractivity contribution < 1.29 is 9.90 Å². The lowest BCUT2D eigenvalue weighted by atomic mass is 9.94. The quantitative estimate of drug-likeness (QED) is 0.779. The maximum Gasteiger partial charge on any atom is 0.255 e. The van der Waals surface area contributed by atoms with Gasteiger partial charge in [-0.2, -0.15) is 0 Å². The van der Waals surface area contributed by atoms with Gasteiger partial charge in [0, 0.05) is 36.3 Å². The van der Waals surface area contributed by atoms with E-state index in [1.807, 2.05) is 56.4 Å². The predicted molar refractivity (Wildman–Crippen MR) is 105 cm³/mol. The average Bonchev–Trinajstić information content (AvgIpc) is 3.02. The van der Waals surface area contributed by atoms with E-state index in [9.17, 15) is 9.90 Å². The van der Waals surface area contributed by atoms with Gasteiger partial charge in [0.1, 0.15) is 0 Å². The lowest BCUT2D eigenvalue weighted by molar-refractivity contribution is 0.0763. The minimum absolute atomic E-state index is 0.0125. The summed E-state index contributed by atoms with van der Waals surface area (Å²) in [6.07, 6.45) is 2.00. The van der Waals surface area contributed by atoms with Gasteiger partial charge in [-0.05, 0) is 50.1 Å². The number of carbonyl (C=O) groups is 1. The molecule has 0 radical (unpaired) electrons. The van der Waals surface area contributed by atoms with Crippen LogP contribution >= 0.6 is 0 Å². The van der Waals surface area contributed by atoms with Gasteiger partial charge in [-0.1, -0.05) is 18.2 Å². The van der Waals surface area contributed by atoms with Crippen molar-refractivity contribution in [2.45, 2.75) is 26.4 Å². The second-order valence-corrected chi connectivity index (χ2v) is 7.31. The number of nitrogens with zero attached hydrogens (tertiary/aromatic N) is 3. The van der Waals surface area contributed by atoms with Crippen LogP contribution in [0.2, 0.25) is 0 Å². The molecule has 1 N–H and O–H groups in total. The van der Waals surface area contributed by atoms with Crippen molar-refractivity contribution in [3.8, 4) is 0 Å². The molecule has 0 saturated carbocycles. The van der Waals surface area contributed by atoms with Crippen LogP contribution in [-0.4, -0.2) is 45.1 Å². The molecule has 1 amide bonds. The maximum absolute atomic E-state index is 12.9. The van der Waals surface area contributed by atoms with Crippen LogP contribution in [0.1, 0.15) is 27.3 Å². The first-order chi connectivity index (χ1) is 13.0. The number of aliphatic hydroxyl groups is 1. The topological polar surface area (TPSA) is 66.3 Å². The van der Waals surface area contributed by atoms with Crippen molar-refractivity contribution >= 4 is 16.8 Å². The summed E-state index contributed by atoms with van der Waals surface area (Å²) >= 11 is 0. The van der Waals surface area contributed by atoms with E-state index in [-0.39, 0.29) is 11.8 Å². The summed E-state index contributed by atoms with van der Waals surface area (Å²) in [5.74, 6) is -0.0420. The molecule has 0 unspecified atom stereocenters. The largest absolute Gasteiger partial charge is 0.391 e. The molecule has 27 heavy (non-hydrogen) atoms. The maximum atomic E-state index is 12.9. The third-order valence-electron chi connectivity index (χ3n) is 5.37. The number of β-amino-alcohol motifs (C(OH)–C–C–N with tert-alkyl or cyclic N) is 1. The second-order valence-electron chi connectivity index (χ2n) is 7.31. The number of fused-ring (bicyclic) bond motifs is 1. The monoisotopic (exact) mass is 361 g/mol. The van der Waals surface area contributed by atoms with Crippen LogP contribution < -0.4 is 0 Å². The van der Waals surface area contributed by atoms with Gasteiger partial charge < -0.3 is 10.0 Å². The zero-order valence-electron chi connectivity index (χ0n) is 15.6. The van der Waals surface area contributed by atoms with E-state index >= 15 is 0 Å². The molecule has 4 rings (SSSR count). The lowest BCUT2D eigenvalue weighted by Gasteiger charge is -2.17. The van der Waals surface area contributed by atoms with E-state index in [0.717, 1.165) is 34.3 Å². The van der Waals surface area contributed by atoms with Gasteiger partial charge in [0.05, 0.1) is 22.9 Å². The van der Waals surface area contributed by atoms with Gasteiger partial charge in [0.25, 0.3) is 5.91 Å². The normalized spacial score (nSPS) is 19.6. The molecular weight excluding hydrogens is 338 g/mol. The Morgan fingerprint density at radius 3 is 2.78 bits per heavy atom. The van der Waals surface area contributed by atoms with Crippen LogP contribution in [0.3, 0.4) is 0 Å². The molecule has 3 aromatic rings. The van der Waals surface area contributed by atoms with Crippen LogP contribution in [0.4, 0.5) is 0 Å². The van der Waals surface area contributed by atoms with Gasteiger partial charge in [-0.3, -0.25) is 14.8 Å². The van der Waals surface area contributed by atoms with E-state index in [2.05, 4.69) is 16.0 Å². The standard InChI is InChI=1S/C22H23N3O2/c1-14-7-8-18(15(2)24-14)22(27)25-12-17(21(26)13-25)11-16-9-10-23-20-6-4-3-5-19(16)20/h3-10,17,21,26H,11-13H2,1-2H3/t17-,21-/m1/s1. The van der Waals surface area contributed by atoms with E-state index in [1.54, 1.807) is 4.90 Å². The number of benzene rings is 1. The van der Waals surface area contributed by atoms with Crippen LogP contribution in [0.5, 0.6) is 0 Å². The molecule has 5 nitrogen and oxygen atoms in total. The van der Waals surface area contributed by atoms with Crippen molar-refractivity contribution in [3.05, 3.63) is 71.2 Å². The highest BCUT2D eigenvalue weighted by molar-refractivity contribution is 5.95. The first-order valence-electron chi connectivity index (χ1n) is 9.27. The van der Waals surface area contributed by atoms with Crippen LogP contribution in [0, 0.1) is 19.8 Å². The number of aromatic nitrogens is 2. The summed E-state index contributed by atoms with van der Waals surface area (Å²) in [5.41, 5.74) is 4.36. The zero-order chi connectivity index (χ0) is 19.0. The third-order valence-corrected chi connectivity index (χ3v) is 5.37. The summed E-state index contributed by atoms with van der Waals surface area (Å²) in [4.78, 5) is 23.4. The summed E-state index contributed by atoms with van der Waals surface area (Å²) in [5, 5.41) is 11.7. The Morgan fingerprint density at radius 1 is 1.15 bits per heavy atom. The molecular formula is C22H23N3O2. The van der Waals surface area contributed by atoms with Crippen molar-refractivity contribution in [2.75, 3.05) is 13.1 Å². The fourth-order valence-corrected chi connectivity index (χ4v) is 3.92. The van der Waals surface area contributed by atoms with E-state index in [1.165, 1.54) is 0 Å². The zero-order valence-corrected chi connectivity index (χ0v) is 15.6. The van der Waals surface area contributed by atoms with Crippen molar-refractivity contribution in [1.82, 2.24) is 14.9 Å². The predicted octanol–water partition coefficient (Wildman–Crippen LogP) is 2.92.